The number of fused-ring (bicyclic) bond motifs is 2. The molecule has 0 amide bonds. The van der Waals surface area contributed by atoms with Gasteiger partial charge >= 0.3 is 0 Å². The summed E-state index contributed by atoms with van der Waals surface area (Å²) < 4.78 is 37.9. The molecule has 0 saturated heterocycles. The van der Waals surface area contributed by atoms with Crippen molar-refractivity contribution in [1.29, 1.82) is 0 Å². The molecule has 3 heterocycles. The van der Waals surface area contributed by atoms with Crippen molar-refractivity contribution in [3.63, 3.8) is 0 Å². The van der Waals surface area contributed by atoms with E-state index in [2.05, 4.69) is 53.9 Å². The molecule has 0 atom stereocenters. The van der Waals surface area contributed by atoms with E-state index in [1.807, 2.05) is 66.9 Å². The molecule has 211 valence electrons. The van der Waals surface area contributed by atoms with Crippen LogP contribution in [0.25, 0.3) is 22.5 Å². The molecule has 3 aromatic carbocycles. The van der Waals surface area contributed by atoms with E-state index in [0.29, 0.717) is 22.6 Å². The molecule has 6 heteroatoms. The van der Waals surface area contributed by atoms with Gasteiger partial charge in [0.25, 0.3) is 0 Å². The Labute approximate surface area is 268 Å². The predicted octanol–water partition coefficient (Wildman–Crippen LogP) is 9.33. The summed E-state index contributed by atoms with van der Waals surface area (Å²) in [5.74, 6) is 0.327. The van der Waals surface area contributed by atoms with E-state index in [4.69, 9.17) is 10.2 Å². The molecule has 2 aromatic heterocycles. The fourth-order valence-corrected chi connectivity index (χ4v) is 6.24. The van der Waals surface area contributed by atoms with Gasteiger partial charge in [-0.1, -0.05) is 69.4 Å². The number of pyridine rings is 2. The van der Waals surface area contributed by atoms with Crippen LogP contribution in [0.2, 0.25) is 19.6 Å². The monoisotopic (exact) mass is 755 g/mol. The minimum Gasteiger partial charge on any atom is -0.499 e. The molecule has 1 radical (unpaired) electrons. The number of hydrogen-bond donors (Lipinski definition) is 0. The Hall–Kier alpha value is -3.02. The number of ether oxygens (including phenoxy) is 1. The third kappa shape index (κ3) is 7.25. The number of rotatable bonds is 4. The maximum absolute atomic E-state index is 8.41. The summed E-state index contributed by atoms with van der Waals surface area (Å²) >= 11 is 1.61. The van der Waals surface area contributed by atoms with Crippen LogP contribution >= 0.6 is 11.8 Å². The van der Waals surface area contributed by atoms with Gasteiger partial charge in [-0.3, -0.25) is 0 Å². The van der Waals surface area contributed by atoms with Gasteiger partial charge in [0.1, 0.15) is 5.75 Å². The van der Waals surface area contributed by atoms with Crippen LogP contribution in [0, 0.1) is 19.0 Å². The zero-order chi connectivity index (χ0) is 31.7. The average Bonchev–Trinajstić information content (AvgIpc) is 2.99. The fourth-order valence-electron chi connectivity index (χ4n) is 4.24. The molecule has 6 rings (SSSR count). The summed E-state index contributed by atoms with van der Waals surface area (Å²) in [4.78, 5) is 10.9. The van der Waals surface area contributed by atoms with E-state index < -0.39 is 20.8 Å². The van der Waals surface area contributed by atoms with Crippen molar-refractivity contribution >= 4 is 25.0 Å². The normalized spacial score (nSPS) is 13.8. The van der Waals surface area contributed by atoms with Gasteiger partial charge in [-0.15, -0.1) is 65.9 Å². The molecule has 0 spiro atoms. The van der Waals surface area contributed by atoms with Gasteiger partial charge < -0.3 is 14.7 Å². The number of aromatic nitrogens is 2. The minimum absolute atomic E-state index is 0. The second kappa shape index (κ2) is 13.3. The number of benzene rings is 3. The number of nitrogens with zero attached hydrogens (tertiary/aromatic N) is 2. The first-order valence-electron chi connectivity index (χ1n) is 15.2. The second-order valence-corrected chi connectivity index (χ2v) is 16.9. The summed E-state index contributed by atoms with van der Waals surface area (Å²) in [5, 5.41) is 1.40. The van der Waals surface area contributed by atoms with Gasteiger partial charge in [0.2, 0.25) is 0 Å². The predicted molar refractivity (Wildman–Crippen MR) is 169 cm³/mol. The van der Waals surface area contributed by atoms with Crippen LogP contribution in [0.15, 0.2) is 101 Å². The van der Waals surface area contributed by atoms with Gasteiger partial charge in [0.15, 0.2) is 0 Å². The maximum Gasteiger partial charge on any atom is 0.128 e. The summed E-state index contributed by atoms with van der Waals surface area (Å²) in [7, 11) is -1.23. The Morgan fingerprint density at radius 3 is 2.34 bits per heavy atom. The van der Waals surface area contributed by atoms with Crippen LogP contribution in [0.5, 0.6) is 11.5 Å². The molecular formula is C35H34IrN2OSSi-2. The first-order valence-corrected chi connectivity index (χ1v) is 17.5. The van der Waals surface area contributed by atoms with E-state index in [1.165, 1.54) is 11.4 Å². The van der Waals surface area contributed by atoms with Crippen molar-refractivity contribution < 1.29 is 30.3 Å². The third-order valence-electron chi connectivity index (χ3n) is 6.51. The largest absolute Gasteiger partial charge is 0.499 e. The molecule has 1 aliphatic heterocycles. The van der Waals surface area contributed by atoms with Crippen LogP contribution < -0.4 is 9.92 Å². The zero-order valence-corrected chi connectivity index (χ0v) is 27.9. The summed E-state index contributed by atoms with van der Waals surface area (Å²) in [6.45, 7) is 8.02. The van der Waals surface area contributed by atoms with E-state index in [0.717, 1.165) is 26.8 Å². The Balaban J connectivity index is 0.000000231. The van der Waals surface area contributed by atoms with E-state index in [-0.39, 0.29) is 25.7 Å². The third-order valence-corrected chi connectivity index (χ3v) is 9.63. The van der Waals surface area contributed by atoms with Crippen LogP contribution in [0.1, 0.15) is 36.4 Å². The first kappa shape index (κ1) is 25.7. The average molecular weight is 755 g/mol. The minimum atomic E-state index is -2.33. The fraction of sp³-hybridized carbons (Fsp3) is 0.200. The Morgan fingerprint density at radius 1 is 0.878 bits per heavy atom. The maximum atomic E-state index is 8.41. The van der Waals surface area contributed by atoms with Crippen LogP contribution in [0.3, 0.4) is 0 Å². The topological polar surface area (TPSA) is 35.0 Å². The van der Waals surface area contributed by atoms with Gasteiger partial charge in [-0.2, -0.15) is 0 Å². The Morgan fingerprint density at radius 2 is 1.66 bits per heavy atom. The number of para-hydroxylation sites is 1. The van der Waals surface area contributed by atoms with Crippen LogP contribution in [-0.2, 0) is 20.1 Å². The van der Waals surface area contributed by atoms with Gasteiger partial charge in [0, 0.05) is 38.0 Å². The smallest absolute Gasteiger partial charge is 0.128 e. The van der Waals surface area contributed by atoms with Crippen molar-refractivity contribution in [2.45, 2.75) is 56.0 Å². The van der Waals surface area contributed by atoms with Crippen molar-refractivity contribution in [2.24, 2.45) is 0 Å². The molecule has 0 N–H and O–H groups in total. The standard InChI is InChI=1S/C21H18NOS.C14H16NSi.Ir/c1-13(2)16-11-17(22-12-14(16)3)15-7-6-10-20-21(15)23-18-8-4-5-9-19(18)24-20;1-16(2,3)13-9-10-14(15-11-13)12-7-5-4-6-8-12;/h4-6,8-13H,1-3H3;4-7,9-11H,1-3H3;/q2*-1;/i3D3,13D;;. The first-order chi connectivity index (χ1) is 20.7. The molecule has 0 aliphatic carbocycles. The van der Waals surface area contributed by atoms with Crippen LogP contribution in [-0.4, -0.2) is 18.0 Å². The molecule has 41 heavy (non-hydrogen) atoms. The number of hydrogen-bond acceptors (Lipinski definition) is 4. The van der Waals surface area contributed by atoms with Crippen molar-refractivity contribution in [3.8, 4) is 34.0 Å². The number of aryl methyl sites for hydroxylation is 1. The second-order valence-electron chi connectivity index (χ2n) is 10.8. The van der Waals surface area contributed by atoms with E-state index >= 15 is 0 Å². The summed E-state index contributed by atoms with van der Waals surface area (Å²) in [6.07, 6.45) is 3.37. The van der Waals surface area contributed by atoms with Gasteiger partial charge in [-0.05, 0) is 57.5 Å². The Bertz CT molecular complexity index is 1770. The van der Waals surface area contributed by atoms with E-state index in [1.54, 1.807) is 31.7 Å². The zero-order valence-electron chi connectivity index (χ0n) is 27.7. The van der Waals surface area contributed by atoms with Crippen molar-refractivity contribution in [1.82, 2.24) is 9.97 Å². The molecule has 0 unspecified atom stereocenters. The van der Waals surface area contributed by atoms with Gasteiger partial charge in [0.05, 0.1) is 18.7 Å². The Kier molecular flexibility index (Phi) is 8.33. The van der Waals surface area contributed by atoms with Crippen molar-refractivity contribution in [2.75, 3.05) is 0 Å². The summed E-state index contributed by atoms with van der Waals surface area (Å²) in [5.41, 5.74) is 3.78. The molecule has 0 saturated carbocycles. The van der Waals surface area contributed by atoms with Crippen LogP contribution in [0.4, 0.5) is 0 Å². The van der Waals surface area contributed by atoms with E-state index in [9.17, 15) is 0 Å². The van der Waals surface area contributed by atoms with Gasteiger partial charge in [-0.25, -0.2) is 0 Å². The molecule has 5 aromatic rings. The molecular weight excluding hydrogens is 717 g/mol. The molecule has 0 bridgehead atoms. The molecule has 1 aliphatic rings. The molecule has 3 nitrogen and oxygen atoms in total. The molecule has 0 fully saturated rings. The summed E-state index contributed by atoms with van der Waals surface area (Å²) in [6, 6.07) is 31.8. The SMILES string of the molecule is C[Si](C)(C)c1ccc(-c2[c-]cccc2)nc1.[2H]C([2H])([2H])c1cnc(-c2[c-]ccc3c2Oc2ccccc2S3)cc1C([2H])(C)C.[Ir]. The quantitative estimate of drug-likeness (QED) is 0.133. The van der Waals surface area contributed by atoms with Crippen molar-refractivity contribution in [3.05, 3.63) is 115 Å².